The molecule has 79 heavy (non-hydrogen) atoms. The van der Waals surface area contributed by atoms with E-state index >= 15 is 0 Å². The number of para-hydroxylation sites is 2. The van der Waals surface area contributed by atoms with E-state index in [1.54, 1.807) is 33.5 Å². The first-order chi connectivity index (χ1) is 34.9. The molecular weight excluding hydrogens is 1300 g/mol. The van der Waals surface area contributed by atoms with Crippen LogP contribution in [0.3, 0.4) is 0 Å². The van der Waals surface area contributed by atoms with Crippen molar-refractivity contribution in [3.8, 4) is 51.4 Å². The van der Waals surface area contributed by atoms with Crippen molar-refractivity contribution in [1.82, 2.24) is 0 Å². The van der Waals surface area contributed by atoms with Crippen LogP contribution in [0.5, 0.6) is 40.2 Å². The molecule has 0 unspecified atom stereocenters. The smallest absolute Gasteiger partial charge is 1.00 e. The zero-order valence-electron chi connectivity index (χ0n) is 45.3. The van der Waals surface area contributed by atoms with Crippen molar-refractivity contribution in [2.75, 3.05) is 40.3 Å². The SMILES string of the molecule is CN(C)c1ccc[c-]c1OCc1ccccc1.COc1c[c-]c(OCc2ccccc2)c(OC)c1.COc1ccc[c-]c1OCc1ccccc1.[Br-].[Br-].[Br-].[Br-].[Mg+2].[Mg+2].[Mg+2].[Mg+2].[c-]1cc(-c2ccccc2)ccc1OCc1ccccc1. The molecule has 9 aromatic rings. The zero-order valence-corrected chi connectivity index (χ0v) is 57.3. The maximum Gasteiger partial charge on any atom is 2.00 e. The van der Waals surface area contributed by atoms with Crippen LogP contribution in [-0.2, 0) is 26.4 Å². The van der Waals surface area contributed by atoms with E-state index in [1.165, 1.54) is 5.56 Å². The Morgan fingerprint density at radius 1 is 0.354 bits per heavy atom. The largest absolute Gasteiger partial charge is 2.00 e. The van der Waals surface area contributed by atoms with E-state index in [0.717, 1.165) is 45.0 Å². The molecule has 8 nitrogen and oxygen atoms in total. The first kappa shape index (κ1) is 79.6. The molecule has 0 aliphatic heterocycles. The Morgan fingerprint density at radius 2 is 0.759 bits per heavy atom. The Kier molecular flexibility index (Phi) is 47.3. The van der Waals surface area contributed by atoms with E-state index in [2.05, 4.69) is 66.7 Å². The number of benzene rings is 9. The minimum absolute atomic E-state index is 0. The molecule has 0 amide bonds. The van der Waals surface area contributed by atoms with Crippen LogP contribution in [-0.4, -0.2) is 128 Å². The predicted molar refractivity (Wildman–Crippen MR) is 307 cm³/mol. The zero-order chi connectivity index (χ0) is 49.7. The molecule has 394 valence electrons. The van der Waals surface area contributed by atoms with Gasteiger partial charge < -0.3 is 106 Å². The van der Waals surface area contributed by atoms with Gasteiger partial charge in [0.25, 0.3) is 0 Å². The minimum Gasteiger partial charge on any atom is -1.00 e. The molecule has 9 rings (SSSR count). The second-order valence-corrected chi connectivity index (χ2v) is 15.7. The Balaban J connectivity index is -0.000000946. The fourth-order valence-electron chi connectivity index (χ4n) is 6.62. The van der Waals surface area contributed by atoms with Crippen LogP contribution in [0.2, 0.25) is 0 Å². The van der Waals surface area contributed by atoms with E-state index in [-0.39, 0.29) is 160 Å². The molecule has 0 aliphatic rings. The van der Waals surface area contributed by atoms with Gasteiger partial charge in [-0.25, -0.2) is 0 Å². The summed E-state index contributed by atoms with van der Waals surface area (Å²) in [4.78, 5) is 2.02. The Morgan fingerprint density at radius 3 is 1.18 bits per heavy atom. The van der Waals surface area contributed by atoms with Gasteiger partial charge in [-0.15, -0.1) is 54.1 Å². The predicted octanol–water partition coefficient (Wildman–Crippen LogP) is 0.515. The van der Waals surface area contributed by atoms with Crippen LogP contribution in [0.1, 0.15) is 22.3 Å². The van der Waals surface area contributed by atoms with Gasteiger partial charge in [0.2, 0.25) is 0 Å². The summed E-state index contributed by atoms with van der Waals surface area (Å²) in [7, 11) is 8.82. The third-order valence-electron chi connectivity index (χ3n) is 10.4. The van der Waals surface area contributed by atoms with Crippen molar-refractivity contribution in [1.29, 1.82) is 0 Å². The van der Waals surface area contributed by atoms with Gasteiger partial charge in [-0.1, -0.05) is 163 Å². The summed E-state index contributed by atoms with van der Waals surface area (Å²) in [6.45, 7) is 2.15. The summed E-state index contributed by atoms with van der Waals surface area (Å²) in [6.07, 6.45) is 0. The molecule has 0 fully saturated rings. The molecule has 0 heterocycles. The van der Waals surface area contributed by atoms with Gasteiger partial charge in [-0.3, -0.25) is 0 Å². The van der Waals surface area contributed by atoms with Crippen LogP contribution in [0.4, 0.5) is 5.69 Å². The number of ether oxygens (including phenoxy) is 7. The fourth-order valence-corrected chi connectivity index (χ4v) is 6.62. The van der Waals surface area contributed by atoms with Gasteiger partial charge in [0.05, 0.1) is 27.1 Å². The minimum atomic E-state index is 0. The first-order valence-corrected chi connectivity index (χ1v) is 23.0. The number of hydrogen-bond acceptors (Lipinski definition) is 8. The maximum absolute atomic E-state index is 5.79. The number of rotatable bonds is 17. The number of methoxy groups -OCH3 is 3. The quantitative estimate of drug-likeness (QED) is 0.0968. The molecule has 0 bridgehead atoms. The molecule has 0 N–H and O–H groups in total. The average Bonchev–Trinajstić information content (AvgIpc) is 3.45. The molecule has 0 spiro atoms. The molecular formula is C63H59Br4Mg4NO7. The summed E-state index contributed by atoms with van der Waals surface area (Å²) >= 11 is 0. The number of hydrogen-bond donors (Lipinski definition) is 0. The molecule has 0 saturated heterocycles. The van der Waals surface area contributed by atoms with Crippen LogP contribution < -0.4 is 106 Å². The molecule has 0 saturated carbocycles. The Hall–Kier alpha value is -3.64. The van der Waals surface area contributed by atoms with Gasteiger partial charge in [0.1, 0.15) is 26.4 Å². The van der Waals surface area contributed by atoms with E-state index in [4.69, 9.17) is 33.2 Å². The van der Waals surface area contributed by atoms with Crippen molar-refractivity contribution < 1.29 is 101 Å². The Bertz CT molecular complexity index is 2870. The molecule has 16 heteroatoms. The summed E-state index contributed by atoms with van der Waals surface area (Å²) in [5.74, 6) is 4.81. The first-order valence-electron chi connectivity index (χ1n) is 23.0. The van der Waals surface area contributed by atoms with Crippen LogP contribution in [0.15, 0.2) is 218 Å². The second kappa shape index (κ2) is 46.9. The van der Waals surface area contributed by atoms with E-state index < -0.39 is 0 Å². The Labute approximate surface area is 575 Å². The molecule has 9 aromatic carbocycles. The van der Waals surface area contributed by atoms with Crippen LogP contribution in [0, 0.1) is 24.3 Å². The van der Waals surface area contributed by atoms with Crippen LogP contribution in [0.25, 0.3) is 11.1 Å². The number of anilines is 1. The molecule has 0 aliphatic carbocycles. The van der Waals surface area contributed by atoms with Crippen molar-refractivity contribution in [2.24, 2.45) is 0 Å². The van der Waals surface area contributed by atoms with Crippen LogP contribution >= 0.6 is 0 Å². The molecule has 0 radical (unpaired) electrons. The maximum atomic E-state index is 5.79. The third-order valence-corrected chi connectivity index (χ3v) is 10.4. The summed E-state index contributed by atoms with van der Waals surface area (Å²) in [6, 6.07) is 83.7. The topological polar surface area (TPSA) is 67.9 Å². The summed E-state index contributed by atoms with van der Waals surface area (Å²) in [5.41, 5.74) is 7.94. The van der Waals surface area contributed by atoms with Crippen molar-refractivity contribution >= 4 is 97.9 Å². The average molecular weight is 1360 g/mol. The monoisotopic (exact) mass is 1350 g/mol. The van der Waals surface area contributed by atoms with Gasteiger partial charge in [-0.2, -0.15) is 36.4 Å². The number of halogens is 4. The van der Waals surface area contributed by atoms with E-state index in [0.29, 0.717) is 55.2 Å². The van der Waals surface area contributed by atoms with E-state index in [1.807, 2.05) is 183 Å². The van der Waals surface area contributed by atoms with Crippen molar-refractivity contribution in [3.05, 3.63) is 265 Å². The van der Waals surface area contributed by atoms with Gasteiger partial charge >= 0.3 is 92.2 Å². The fraction of sp³-hybridized carbons (Fsp3) is 0.143. The van der Waals surface area contributed by atoms with E-state index in [9.17, 15) is 0 Å². The van der Waals surface area contributed by atoms with Crippen molar-refractivity contribution in [3.63, 3.8) is 0 Å². The summed E-state index contributed by atoms with van der Waals surface area (Å²) < 4.78 is 38.4. The second-order valence-electron chi connectivity index (χ2n) is 15.7. The van der Waals surface area contributed by atoms with Gasteiger partial charge in [0.15, 0.2) is 0 Å². The third kappa shape index (κ3) is 29.3. The normalized spacial score (nSPS) is 8.97. The number of nitrogens with zero attached hydrogens (tertiary/aromatic N) is 1. The molecule has 0 aromatic heterocycles. The van der Waals surface area contributed by atoms with Gasteiger partial charge in [0, 0.05) is 34.5 Å². The standard InChI is InChI=1S/C19H15O.C15H16NO.C15H15O3.C14H13O2.4BrH.4Mg/c1-3-7-16(8-4-1)15-20-19-13-11-18(12-14-19)17-9-5-2-6-10-17;1-16(2)14-10-6-7-11-15(14)17-12-13-8-4-3-5-9-13;1-16-13-8-9-14(15(10-13)17-2)18-11-12-6-4-3-5-7-12;1-15-13-9-5-6-10-14(13)16-11-12-7-3-2-4-8-12;;;;;;;;/h1-13H,15H2;3-10H,12H2,1-2H3;3-8,10H,11H2,1-2H3;2-9H,11H2,1H3;4*1H;;;;/q4*-1;;;;;4*+2/p-4. The van der Waals surface area contributed by atoms with Gasteiger partial charge in [-0.05, 0) is 42.0 Å². The van der Waals surface area contributed by atoms with Crippen molar-refractivity contribution in [2.45, 2.75) is 26.4 Å². The molecule has 0 atom stereocenters. The summed E-state index contributed by atoms with van der Waals surface area (Å²) in [5, 5.41) is 0.